The summed E-state index contributed by atoms with van der Waals surface area (Å²) < 4.78 is 21.5. The quantitative estimate of drug-likeness (QED) is 0.548. The van der Waals surface area contributed by atoms with Crippen molar-refractivity contribution in [3.05, 3.63) is 65.1 Å². The minimum Gasteiger partial charge on any atom is -0.496 e. The Hall–Kier alpha value is -2.86. The molecule has 5 rings (SSSR count). The predicted molar refractivity (Wildman–Crippen MR) is 122 cm³/mol. The molecule has 2 aliphatic rings. The zero-order valence-corrected chi connectivity index (χ0v) is 18.4. The van der Waals surface area contributed by atoms with Gasteiger partial charge in [-0.25, -0.2) is 9.18 Å². The monoisotopic (exact) mass is 436 g/mol. The maximum atomic E-state index is 14.0. The van der Waals surface area contributed by atoms with E-state index in [1.54, 1.807) is 24.3 Å². The number of piperidine rings is 1. The number of benzene rings is 2. The Bertz CT molecular complexity index is 1140. The Kier molecular flexibility index (Phi) is 5.64. The molecule has 1 aliphatic heterocycles. The molecule has 0 spiro atoms. The second-order valence-electron chi connectivity index (χ2n) is 9.23. The molecule has 168 valence electrons. The SMILES string of the molecule is COc1ccc(CN2CCC(c3cn(CC4CC4)c4ccc(F)cc34)CC2)cc1C(=O)O. The smallest absolute Gasteiger partial charge is 0.339 e. The van der Waals surface area contributed by atoms with Gasteiger partial charge in [0, 0.05) is 30.2 Å². The maximum Gasteiger partial charge on any atom is 0.339 e. The zero-order valence-electron chi connectivity index (χ0n) is 18.4. The third-order valence-corrected chi connectivity index (χ3v) is 6.95. The number of likely N-dealkylation sites (tertiary alicyclic amines) is 1. The minimum atomic E-state index is -0.975. The van der Waals surface area contributed by atoms with E-state index >= 15 is 0 Å². The van der Waals surface area contributed by atoms with Crippen molar-refractivity contribution >= 4 is 16.9 Å². The van der Waals surface area contributed by atoms with Gasteiger partial charge in [0.1, 0.15) is 17.1 Å². The normalized spacial score (nSPS) is 17.7. The fourth-order valence-electron chi connectivity index (χ4n) is 5.03. The number of carbonyl (C=O) groups is 1. The van der Waals surface area contributed by atoms with Crippen molar-refractivity contribution in [2.45, 2.75) is 44.7 Å². The van der Waals surface area contributed by atoms with Gasteiger partial charge in [-0.05, 0) is 92.1 Å². The number of halogens is 1. The lowest BCUT2D eigenvalue weighted by Gasteiger charge is -2.32. The van der Waals surface area contributed by atoms with E-state index < -0.39 is 5.97 Å². The first-order valence-electron chi connectivity index (χ1n) is 11.4. The van der Waals surface area contributed by atoms with Gasteiger partial charge in [-0.1, -0.05) is 6.07 Å². The number of methoxy groups -OCH3 is 1. The second kappa shape index (κ2) is 8.58. The molecule has 3 aromatic rings. The molecular formula is C26H29FN2O3. The number of hydrogen-bond acceptors (Lipinski definition) is 3. The number of nitrogens with zero attached hydrogens (tertiary/aromatic N) is 2. The summed E-state index contributed by atoms with van der Waals surface area (Å²) in [6.45, 7) is 3.62. The van der Waals surface area contributed by atoms with Crippen LogP contribution < -0.4 is 4.74 Å². The number of fused-ring (bicyclic) bond motifs is 1. The van der Waals surface area contributed by atoms with Crippen LogP contribution in [-0.2, 0) is 13.1 Å². The van der Waals surface area contributed by atoms with Crippen LogP contribution in [0.2, 0.25) is 0 Å². The molecule has 5 nitrogen and oxygen atoms in total. The van der Waals surface area contributed by atoms with Crippen molar-refractivity contribution < 1.29 is 19.0 Å². The van der Waals surface area contributed by atoms with Gasteiger partial charge >= 0.3 is 5.97 Å². The Balaban J connectivity index is 1.30. The van der Waals surface area contributed by atoms with Crippen molar-refractivity contribution in [3.63, 3.8) is 0 Å². The highest BCUT2D eigenvalue weighted by Gasteiger charge is 2.27. The average molecular weight is 437 g/mol. The minimum absolute atomic E-state index is 0.172. The van der Waals surface area contributed by atoms with E-state index in [0.717, 1.165) is 61.4 Å². The van der Waals surface area contributed by atoms with Crippen molar-refractivity contribution in [2.24, 2.45) is 5.92 Å². The summed E-state index contributed by atoms with van der Waals surface area (Å²) in [7, 11) is 1.49. The zero-order chi connectivity index (χ0) is 22.2. The van der Waals surface area contributed by atoms with Gasteiger partial charge in [0.2, 0.25) is 0 Å². The number of aromatic nitrogens is 1. The highest BCUT2D eigenvalue weighted by atomic mass is 19.1. The van der Waals surface area contributed by atoms with Gasteiger partial charge in [-0.15, -0.1) is 0 Å². The number of hydrogen-bond donors (Lipinski definition) is 1. The highest BCUT2D eigenvalue weighted by molar-refractivity contribution is 5.91. The maximum absolute atomic E-state index is 14.0. The van der Waals surface area contributed by atoms with Gasteiger partial charge in [-0.3, -0.25) is 4.90 Å². The first-order valence-corrected chi connectivity index (χ1v) is 11.4. The summed E-state index contributed by atoms with van der Waals surface area (Å²) >= 11 is 0. The van der Waals surface area contributed by atoms with Crippen molar-refractivity contribution in [1.82, 2.24) is 9.47 Å². The molecule has 6 heteroatoms. The number of rotatable bonds is 7. The summed E-state index contributed by atoms with van der Waals surface area (Å²) in [6.07, 6.45) is 6.89. The van der Waals surface area contributed by atoms with Crippen LogP contribution in [0, 0.1) is 11.7 Å². The molecular weight excluding hydrogens is 407 g/mol. The molecule has 2 fully saturated rings. The summed E-state index contributed by atoms with van der Waals surface area (Å²) in [4.78, 5) is 13.9. The Morgan fingerprint density at radius 3 is 2.59 bits per heavy atom. The molecule has 0 bridgehead atoms. The average Bonchev–Trinajstić information content (AvgIpc) is 3.54. The Morgan fingerprint density at radius 1 is 1.12 bits per heavy atom. The van der Waals surface area contributed by atoms with E-state index in [2.05, 4.69) is 15.7 Å². The van der Waals surface area contributed by atoms with E-state index in [-0.39, 0.29) is 11.4 Å². The number of carboxylic acid groups (broad SMARTS) is 1. The largest absolute Gasteiger partial charge is 0.496 e. The van der Waals surface area contributed by atoms with Crippen molar-refractivity contribution in [1.29, 1.82) is 0 Å². The summed E-state index contributed by atoms with van der Waals surface area (Å²) in [6, 6.07) is 10.6. The van der Waals surface area contributed by atoms with Crippen LogP contribution >= 0.6 is 0 Å². The van der Waals surface area contributed by atoms with E-state index in [4.69, 9.17) is 4.74 Å². The third-order valence-electron chi connectivity index (χ3n) is 6.95. The van der Waals surface area contributed by atoms with Gasteiger partial charge in [0.15, 0.2) is 0 Å². The Labute approximate surface area is 187 Å². The molecule has 1 N–H and O–H groups in total. The van der Waals surface area contributed by atoms with Crippen LogP contribution in [-0.4, -0.2) is 40.7 Å². The fourth-order valence-corrected chi connectivity index (χ4v) is 5.03. The number of ether oxygens (including phenoxy) is 1. The van der Waals surface area contributed by atoms with Gasteiger partial charge in [0.05, 0.1) is 7.11 Å². The van der Waals surface area contributed by atoms with Crippen LogP contribution in [0.15, 0.2) is 42.6 Å². The lowest BCUT2D eigenvalue weighted by atomic mass is 9.89. The van der Waals surface area contributed by atoms with Gasteiger partial charge < -0.3 is 14.4 Å². The van der Waals surface area contributed by atoms with Crippen LogP contribution in [0.5, 0.6) is 5.75 Å². The lowest BCUT2D eigenvalue weighted by Crippen LogP contribution is -2.32. The van der Waals surface area contributed by atoms with Crippen LogP contribution in [0.3, 0.4) is 0 Å². The van der Waals surface area contributed by atoms with Crippen LogP contribution in [0.25, 0.3) is 10.9 Å². The molecule has 32 heavy (non-hydrogen) atoms. The van der Waals surface area contributed by atoms with E-state index in [0.29, 0.717) is 11.7 Å². The van der Waals surface area contributed by atoms with E-state index in [9.17, 15) is 14.3 Å². The molecule has 0 unspecified atom stereocenters. The molecule has 0 atom stereocenters. The van der Waals surface area contributed by atoms with E-state index in [1.807, 2.05) is 12.1 Å². The molecule has 2 aromatic carbocycles. The first kappa shape index (κ1) is 21.0. The standard InChI is InChI=1S/C26H29FN2O3/c1-32-25-7-4-18(12-22(25)26(30)31)14-28-10-8-19(9-11-28)23-16-29(15-17-2-3-17)24-6-5-20(27)13-21(23)24/h4-7,12-13,16-17,19H,2-3,8-11,14-15H2,1H3,(H,30,31). The first-order chi connectivity index (χ1) is 15.5. The second-order valence-corrected chi connectivity index (χ2v) is 9.23. The van der Waals surface area contributed by atoms with Crippen molar-refractivity contribution in [3.8, 4) is 5.75 Å². The molecule has 1 aromatic heterocycles. The van der Waals surface area contributed by atoms with Gasteiger partial charge in [-0.2, -0.15) is 0 Å². The summed E-state index contributed by atoms with van der Waals surface area (Å²) in [5, 5.41) is 10.5. The topological polar surface area (TPSA) is 54.7 Å². The molecule has 0 radical (unpaired) electrons. The lowest BCUT2D eigenvalue weighted by molar-refractivity contribution is 0.0693. The van der Waals surface area contributed by atoms with Gasteiger partial charge in [0.25, 0.3) is 0 Å². The highest BCUT2D eigenvalue weighted by Crippen LogP contribution is 2.38. The summed E-state index contributed by atoms with van der Waals surface area (Å²) in [5.41, 5.74) is 3.60. The molecule has 0 amide bonds. The molecule has 1 saturated carbocycles. The number of aromatic carboxylic acids is 1. The fraction of sp³-hybridized carbons (Fsp3) is 0.423. The van der Waals surface area contributed by atoms with Crippen LogP contribution in [0.4, 0.5) is 4.39 Å². The predicted octanol–water partition coefficient (Wildman–Crippen LogP) is 5.28. The summed E-state index contributed by atoms with van der Waals surface area (Å²) in [5.74, 6) is 0.424. The van der Waals surface area contributed by atoms with Crippen LogP contribution in [0.1, 0.15) is 53.1 Å². The molecule has 1 aliphatic carbocycles. The van der Waals surface area contributed by atoms with E-state index in [1.165, 1.54) is 25.5 Å². The van der Waals surface area contributed by atoms with Crippen molar-refractivity contribution in [2.75, 3.05) is 20.2 Å². The third kappa shape index (κ3) is 4.24. The molecule has 1 saturated heterocycles. The number of carboxylic acids is 1. The molecule has 2 heterocycles. The Morgan fingerprint density at radius 2 is 1.91 bits per heavy atom.